The molecule has 5 nitrogen and oxygen atoms in total. The highest BCUT2D eigenvalue weighted by molar-refractivity contribution is 9.10. The second kappa shape index (κ2) is 5.49. The number of benzene rings is 2. The van der Waals surface area contributed by atoms with Gasteiger partial charge in [0.15, 0.2) is 0 Å². The molecule has 0 radical (unpaired) electrons. The summed E-state index contributed by atoms with van der Waals surface area (Å²) < 4.78 is 1.00. The number of hydrogen-bond donors (Lipinski definition) is 2. The zero-order chi connectivity index (χ0) is 14.8. The van der Waals surface area contributed by atoms with Crippen molar-refractivity contribution in [3.8, 4) is 0 Å². The molecule has 0 aliphatic rings. The van der Waals surface area contributed by atoms with E-state index in [2.05, 4.69) is 31.2 Å². The maximum absolute atomic E-state index is 12.0. The molecule has 1 heterocycles. The number of aromatic amines is 1. The third-order valence-electron chi connectivity index (χ3n) is 2.96. The first-order valence-corrected chi connectivity index (χ1v) is 6.96. The van der Waals surface area contributed by atoms with Gasteiger partial charge in [-0.05, 0) is 35.0 Å². The number of rotatable bonds is 2. The van der Waals surface area contributed by atoms with Gasteiger partial charge in [0, 0.05) is 16.4 Å². The van der Waals surface area contributed by atoms with Crippen molar-refractivity contribution in [2.24, 2.45) is 0 Å². The number of carbonyl (C=O) groups excluding carboxylic acids is 1. The van der Waals surface area contributed by atoms with Crippen LogP contribution >= 0.6 is 15.9 Å². The van der Waals surface area contributed by atoms with Gasteiger partial charge in [0.2, 0.25) is 0 Å². The maximum Gasteiger partial charge on any atom is 0.275 e. The van der Waals surface area contributed by atoms with Crippen molar-refractivity contribution in [1.29, 1.82) is 0 Å². The number of amides is 1. The number of nitrogens with one attached hydrogen (secondary N) is 2. The summed E-state index contributed by atoms with van der Waals surface area (Å²) >= 11 is 3.42. The molecule has 3 aromatic rings. The zero-order valence-corrected chi connectivity index (χ0v) is 12.3. The van der Waals surface area contributed by atoms with Crippen LogP contribution in [-0.4, -0.2) is 15.9 Å². The van der Waals surface area contributed by atoms with Crippen LogP contribution in [0.4, 0.5) is 5.69 Å². The first-order valence-electron chi connectivity index (χ1n) is 6.17. The van der Waals surface area contributed by atoms with E-state index in [1.165, 1.54) is 6.20 Å². The molecule has 2 N–H and O–H groups in total. The molecule has 0 aliphatic heterocycles. The zero-order valence-electron chi connectivity index (χ0n) is 10.8. The van der Waals surface area contributed by atoms with Crippen molar-refractivity contribution in [2.75, 3.05) is 5.32 Å². The van der Waals surface area contributed by atoms with Crippen LogP contribution in [0.3, 0.4) is 0 Å². The van der Waals surface area contributed by atoms with E-state index >= 15 is 0 Å². The molecular weight excluding hydrogens is 334 g/mol. The van der Waals surface area contributed by atoms with Crippen LogP contribution in [0.25, 0.3) is 10.8 Å². The number of fused-ring (bicyclic) bond motifs is 1. The molecule has 0 fully saturated rings. The van der Waals surface area contributed by atoms with Crippen LogP contribution in [0.1, 0.15) is 10.5 Å². The number of anilines is 1. The van der Waals surface area contributed by atoms with E-state index in [0.717, 1.165) is 21.4 Å². The Morgan fingerprint density at radius 2 is 1.90 bits per heavy atom. The summed E-state index contributed by atoms with van der Waals surface area (Å²) in [6.07, 6.45) is 2.36. The molecule has 0 aliphatic carbocycles. The van der Waals surface area contributed by atoms with E-state index in [4.69, 9.17) is 0 Å². The lowest BCUT2D eigenvalue weighted by Crippen LogP contribution is -2.16. The predicted molar refractivity (Wildman–Crippen MR) is 84.5 cm³/mol. The van der Waals surface area contributed by atoms with Gasteiger partial charge in [0.05, 0.1) is 6.20 Å². The number of carbonyl (C=O) groups is 1. The van der Waals surface area contributed by atoms with Gasteiger partial charge in [-0.25, -0.2) is 4.98 Å². The van der Waals surface area contributed by atoms with E-state index in [-0.39, 0.29) is 17.2 Å². The SMILES string of the molecule is O=C(Nc1ccc2cc(Br)ccc2c1)c1c[nH]c(=O)cn1. The molecule has 0 saturated carbocycles. The summed E-state index contributed by atoms with van der Waals surface area (Å²) in [6, 6.07) is 11.5. The van der Waals surface area contributed by atoms with Crippen LogP contribution < -0.4 is 10.9 Å². The summed E-state index contributed by atoms with van der Waals surface area (Å²) in [5, 5.41) is 4.84. The van der Waals surface area contributed by atoms with Gasteiger partial charge in [0.1, 0.15) is 5.69 Å². The molecule has 1 amide bonds. The van der Waals surface area contributed by atoms with Crippen molar-refractivity contribution < 1.29 is 4.79 Å². The fourth-order valence-electron chi connectivity index (χ4n) is 1.96. The molecule has 1 aromatic heterocycles. The predicted octanol–water partition coefficient (Wildman–Crippen LogP) is 2.94. The summed E-state index contributed by atoms with van der Waals surface area (Å²) in [5.41, 5.74) is 0.483. The first-order chi connectivity index (χ1) is 10.1. The van der Waals surface area contributed by atoms with E-state index in [9.17, 15) is 9.59 Å². The van der Waals surface area contributed by atoms with Crippen LogP contribution in [0.2, 0.25) is 0 Å². The normalized spacial score (nSPS) is 10.5. The molecule has 0 unspecified atom stereocenters. The molecular formula is C15H10BrN3O2. The van der Waals surface area contributed by atoms with Crippen LogP contribution in [0, 0.1) is 0 Å². The summed E-state index contributed by atoms with van der Waals surface area (Å²) in [6.45, 7) is 0. The monoisotopic (exact) mass is 343 g/mol. The van der Waals surface area contributed by atoms with Crippen molar-refractivity contribution in [2.45, 2.75) is 0 Å². The number of aromatic nitrogens is 2. The molecule has 0 saturated heterocycles. The minimum Gasteiger partial charge on any atom is -0.325 e. The maximum atomic E-state index is 12.0. The Bertz CT molecular complexity index is 869. The van der Waals surface area contributed by atoms with Gasteiger partial charge in [-0.15, -0.1) is 0 Å². The smallest absolute Gasteiger partial charge is 0.275 e. The Labute approximate surface area is 128 Å². The Hall–Kier alpha value is -2.47. The Kier molecular flexibility index (Phi) is 3.53. The average molecular weight is 344 g/mol. The van der Waals surface area contributed by atoms with Gasteiger partial charge < -0.3 is 10.3 Å². The minimum atomic E-state index is -0.372. The number of H-pyrrole nitrogens is 1. The standard InChI is InChI=1S/C15H10BrN3O2/c16-11-3-1-10-6-12(4-2-9(10)5-11)19-15(21)13-7-18-14(20)8-17-13/h1-8H,(H,18,20)(H,19,21). The topological polar surface area (TPSA) is 74.8 Å². The highest BCUT2D eigenvalue weighted by Crippen LogP contribution is 2.23. The molecule has 0 bridgehead atoms. The molecule has 2 aromatic carbocycles. The van der Waals surface area contributed by atoms with Crippen molar-refractivity contribution in [3.05, 3.63) is 69.3 Å². The highest BCUT2D eigenvalue weighted by Gasteiger charge is 2.08. The summed E-state index contributed by atoms with van der Waals surface area (Å²) in [5.74, 6) is -0.372. The first kappa shape index (κ1) is 13.5. The van der Waals surface area contributed by atoms with Gasteiger partial charge >= 0.3 is 0 Å². The third-order valence-corrected chi connectivity index (χ3v) is 3.46. The second-order valence-electron chi connectivity index (χ2n) is 4.46. The number of halogens is 1. The molecule has 6 heteroatoms. The average Bonchev–Trinajstić information content (AvgIpc) is 2.48. The third kappa shape index (κ3) is 3.00. The van der Waals surface area contributed by atoms with Crippen LogP contribution in [0.15, 0.2) is 58.1 Å². The molecule has 0 atom stereocenters. The number of nitrogens with zero attached hydrogens (tertiary/aromatic N) is 1. The highest BCUT2D eigenvalue weighted by atomic mass is 79.9. The van der Waals surface area contributed by atoms with Gasteiger partial charge in [-0.1, -0.05) is 28.1 Å². The molecule has 3 rings (SSSR count). The fourth-order valence-corrected chi connectivity index (χ4v) is 2.33. The Balaban J connectivity index is 1.87. The summed E-state index contributed by atoms with van der Waals surface area (Å²) in [4.78, 5) is 29.1. The van der Waals surface area contributed by atoms with Crippen LogP contribution in [0.5, 0.6) is 0 Å². The van der Waals surface area contributed by atoms with E-state index in [1.807, 2.05) is 36.4 Å². The Morgan fingerprint density at radius 3 is 2.67 bits per heavy atom. The minimum absolute atomic E-state index is 0.158. The van der Waals surface area contributed by atoms with Crippen molar-refractivity contribution in [1.82, 2.24) is 9.97 Å². The number of hydrogen-bond acceptors (Lipinski definition) is 3. The molecule has 104 valence electrons. The molecule has 21 heavy (non-hydrogen) atoms. The van der Waals surface area contributed by atoms with Crippen molar-refractivity contribution >= 4 is 38.3 Å². The largest absolute Gasteiger partial charge is 0.325 e. The summed E-state index contributed by atoms with van der Waals surface area (Å²) in [7, 11) is 0. The quantitative estimate of drug-likeness (QED) is 0.751. The Morgan fingerprint density at radius 1 is 1.14 bits per heavy atom. The molecule has 0 spiro atoms. The van der Waals surface area contributed by atoms with E-state index in [1.54, 1.807) is 0 Å². The van der Waals surface area contributed by atoms with Crippen molar-refractivity contribution in [3.63, 3.8) is 0 Å². The van der Waals surface area contributed by atoms with Gasteiger partial charge in [0.25, 0.3) is 11.5 Å². The lowest BCUT2D eigenvalue weighted by molar-refractivity contribution is 0.102. The fraction of sp³-hybridized carbons (Fsp3) is 0. The van der Waals surface area contributed by atoms with Gasteiger partial charge in [-0.3, -0.25) is 9.59 Å². The van der Waals surface area contributed by atoms with E-state index in [0.29, 0.717) is 5.69 Å². The van der Waals surface area contributed by atoms with Gasteiger partial charge in [-0.2, -0.15) is 0 Å². The van der Waals surface area contributed by atoms with E-state index < -0.39 is 0 Å². The second-order valence-corrected chi connectivity index (χ2v) is 5.37. The lowest BCUT2D eigenvalue weighted by atomic mass is 10.1. The van der Waals surface area contributed by atoms with Crippen LogP contribution in [-0.2, 0) is 0 Å². The lowest BCUT2D eigenvalue weighted by Gasteiger charge is -2.06.